The molecule has 0 saturated carbocycles. The Hall–Kier alpha value is -3.18. The number of benzene rings is 2. The first-order valence-electron chi connectivity index (χ1n) is 8.79. The van der Waals surface area contributed by atoms with Gasteiger partial charge in [0.2, 0.25) is 0 Å². The molecule has 2 aromatic carbocycles. The number of aromatic nitrogens is 1. The number of halogens is 1. The molecule has 0 atom stereocenters. The molecule has 2 N–H and O–H groups in total. The number of fused-ring (bicyclic) bond motifs is 1. The van der Waals surface area contributed by atoms with Crippen molar-refractivity contribution in [2.24, 2.45) is 0 Å². The summed E-state index contributed by atoms with van der Waals surface area (Å²) >= 11 is 0.897. The van der Waals surface area contributed by atoms with Crippen LogP contribution >= 0.6 is 11.3 Å². The van der Waals surface area contributed by atoms with Gasteiger partial charge in [-0.1, -0.05) is 11.3 Å². The number of carbonyl (C=O) groups is 1. The number of nitrogens with zero attached hydrogens (tertiary/aromatic N) is 1. The molecule has 156 valence electrons. The molecule has 0 fully saturated rings. The predicted molar refractivity (Wildman–Crippen MR) is 109 cm³/mol. The second-order valence-corrected chi connectivity index (χ2v) is 8.99. The van der Waals surface area contributed by atoms with Crippen LogP contribution in [0.5, 0.6) is 11.5 Å². The van der Waals surface area contributed by atoms with Gasteiger partial charge in [-0.25, -0.2) is 17.8 Å². The molecule has 2 heterocycles. The highest BCUT2D eigenvalue weighted by molar-refractivity contribution is 7.93. The van der Waals surface area contributed by atoms with Crippen molar-refractivity contribution in [1.29, 1.82) is 0 Å². The van der Waals surface area contributed by atoms with E-state index in [1.807, 2.05) is 0 Å². The van der Waals surface area contributed by atoms with Crippen LogP contribution in [0, 0.1) is 12.7 Å². The average molecular weight is 449 g/mol. The first-order chi connectivity index (χ1) is 14.3. The summed E-state index contributed by atoms with van der Waals surface area (Å²) in [5, 5.41) is 2.77. The van der Waals surface area contributed by atoms with Crippen LogP contribution in [0.1, 0.15) is 15.4 Å². The Morgan fingerprint density at radius 1 is 1.10 bits per heavy atom. The molecule has 0 unspecified atom stereocenters. The minimum absolute atomic E-state index is 0.0316. The van der Waals surface area contributed by atoms with Gasteiger partial charge in [0.05, 0.1) is 10.6 Å². The lowest BCUT2D eigenvalue weighted by Gasteiger charge is -2.18. The van der Waals surface area contributed by atoms with Crippen LogP contribution in [0.15, 0.2) is 47.4 Å². The summed E-state index contributed by atoms with van der Waals surface area (Å²) in [4.78, 5) is 16.9. The number of aryl methyl sites for hydroxylation is 1. The third-order valence-corrected chi connectivity index (χ3v) is 6.70. The van der Waals surface area contributed by atoms with E-state index in [1.165, 1.54) is 0 Å². The second-order valence-electron chi connectivity index (χ2n) is 6.31. The minimum Gasteiger partial charge on any atom is -0.486 e. The Morgan fingerprint density at radius 3 is 2.53 bits per heavy atom. The number of ether oxygens (including phenoxy) is 2. The Morgan fingerprint density at radius 2 is 1.80 bits per heavy atom. The summed E-state index contributed by atoms with van der Waals surface area (Å²) in [7, 11) is -3.96. The molecule has 1 aliphatic heterocycles. The molecular formula is C19H16FN3O5S2. The van der Waals surface area contributed by atoms with E-state index in [-0.39, 0.29) is 14.9 Å². The van der Waals surface area contributed by atoms with E-state index in [4.69, 9.17) is 9.47 Å². The SMILES string of the molecule is Cc1nc(NS(=O)(=O)c2ccc(F)cc2)sc1C(=O)Nc1ccc2c(c1)OCCO2. The van der Waals surface area contributed by atoms with Crippen molar-refractivity contribution < 1.29 is 27.1 Å². The zero-order valence-corrected chi connectivity index (χ0v) is 17.3. The monoisotopic (exact) mass is 449 g/mol. The number of rotatable bonds is 5. The summed E-state index contributed by atoms with van der Waals surface area (Å²) in [6.45, 7) is 2.50. The number of thiazole rings is 1. The standard InChI is InChI=1S/C19H16FN3O5S2/c1-11-17(18(24)22-13-4-7-15-16(10-13)28-9-8-27-15)29-19(21-11)23-30(25,26)14-5-2-12(20)3-6-14/h2-7,10H,8-9H2,1H3,(H,21,23)(H,22,24). The topological polar surface area (TPSA) is 107 Å². The molecule has 0 radical (unpaired) electrons. The first kappa shape index (κ1) is 20.1. The molecule has 11 heteroatoms. The molecule has 8 nitrogen and oxygen atoms in total. The highest BCUT2D eigenvalue weighted by Gasteiger charge is 2.21. The van der Waals surface area contributed by atoms with Crippen LogP contribution < -0.4 is 19.5 Å². The van der Waals surface area contributed by atoms with Gasteiger partial charge in [0.1, 0.15) is 23.9 Å². The first-order valence-corrected chi connectivity index (χ1v) is 11.1. The van der Waals surface area contributed by atoms with E-state index in [0.717, 1.165) is 35.6 Å². The Labute approximate surface area is 175 Å². The number of sulfonamides is 1. The highest BCUT2D eigenvalue weighted by atomic mass is 32.2. The minimum atomic E-state index is -3.96. The van der Waals surface area contributed by atoms with Crippen LogP contribution in [0.4, 0.5) is 15.2 Å². The second kappa shape index (κ2) is 7.92. The van der Waals surface area contributed by atoms with E-state index < -0.39 is 21.7 Å². The van der Waals surface area contributed by atoms with Crippen LogP contribution in [0.2, 0.25) is 0 Å². The lowest BCUT2D eigenvalue weighted by atomic mass is 10.2. The lowest BCUT2D eigenvalue weighted by Crippen LogP contribution is -2.16. The maximum Gasteiger partial charge on any atom is 0.267 e. The number of hydrogen-bond donors (Lipinski definition) is 2. The van der Waals surface area contributed by atoms with Crippen LogP contribution in [0.25, 0.3) is 0 Å². The normalized spacial score (nSPS) is 13.0. The van der Waals surface area contributed by atoms with E-state index in [1.54, 1.807) is 25.1 Å². The van der Waals surface area contributed by atoms with Gasteiger partial charge in [0.15, 0.2) is 16.6 Å². The van der Waals surface area contributed by atoms with Crippen molar-refractivity contribution in [2.75, 3.05) is 23.3 Å². The number of amides is 1. The molecule has 0 bridgehead atoms. The molecule has 1 aliphatic rings. The third kappa shape index (κ3) is 4.21. The van der Waals surface area contributed by atoms with E-state index in [0.29, 0.717) is 36.1 Å². The average Bonchev–Trinajstić information content (AvgIpc) is 3.07. The summed E-state index contributed by atoms with van der Waals surface area (Å²) in [5.74, 6) is 0.157. The van der Waals surface area contributed by atoms with Gasteiger partial charge in [0, 0.05) is 11.8 Å². The van der Waals surface area contributed by atoms with Crippen LogP contribution in [-0.2, 0) is 10.0 Å². The Balaban J connectivity index is 1.51. The lowest BCUT2D eigenvalue weighted by molar-refractivity contribution is 0.102. The molecule has 3 aromatic rings. The molecule has 1 aromatic heterocycles. The van der Waals surface area contributed by atoms with Crippen molar-refractivity contribution >= 4 is 38.1 Å². The fourth-order valence-corrected chi connectivity index (χ4v) is 4.84. The van der Waals surface area contributed by atoms with E-state index in [2.05, 4.69) is 15.0 Å². The maximum atomic E-state index is 13.0. The van der Waals surface area contributed by atoms with Gasteiger partial charge in [0.25, 0.3) is 15.9 Å². The van der Waals surface area contributed by atoms with Crippen molar-refractivity contribution in [2.45, 2.75) is 11.8 Å². The largest absolute Gasteiger partial charge is 0.486 e. The highest BCUT2D eigenvalue weighted by Crippen LogP contribution is 2.33. The molecule has 0 aliphatic carbocycles. The number of anilines is 2. The summed E-state index contributed by atoms with van der Waals surface area (Å²) < 4.78 is 51.2. The van der Waals surface area contributed by atoms with Gasteiger partial charge in [-0.2, -0.15) is 0 Å². The zero-order valence-electron chi connectivity index (χ0n) is 15.6. The van der Waals surface area contributed by atoms with Crippen LogP contribution in [0.3, 0.4) is 0 Å². The predicted octanol–water partition coefficient (Wildman–Crippen LogP) is 3.41. The van der Waals surface area contributed by atoms with Gasteiger partial charge >= 0.3 is 0 Å². The quantitative estimate of drug-likeness (QED) is 0.618. The van der Waals surface area contributed by atoms with Crippen molar-refractivity contribution in [3.8, 4) is 11.5 Å². The maximum absolute atomic E-state index is 13.0. The van der Waals surface area contributed by atoms with Crippen molar-refractivity contribution in [1.82, 2.24) is 4.98 Å². The number of nitrogens with one attached hydrogen (secondary N) is 2. The van der Waals surface area contributed by atoms with Gasteiger partial charge < -0.3 is 14.8 Å². The molecule has 30 heavy (non-hydrogen) atoms. The van der Waals surface area contributed by atoms with E-state index in [9.17, 15) is 17.6 Å². The smallest absolute Gasteiger partial charge is 0.267 e. The van der Waals surface area contributed by atoms with Gasteiger partial charge in [-0.3, -0.25) is 9.52 Å². The van der Waals surface area contributed by atoms with Gasteiger partial charge in [-0.05, 0) is 43.3 Å². The molecule has 4 rings (SSSR count). The summed E-state index contributed by atoms with van der Waals surface area (Å²) in [6, 6.07) is 9.43. The molecule has 0 saturated heterocycles. The number of hydrogen-bond acceptors (Lipinski definition) is 7. The Bertz CT molecular complexity index is 1210. The van der Waals surface area contributed by atoms with Crippen LogP contribution in [-0.4, -0.2) is 32.5 Å². The van der Waals surface area contributed by atoms with Crippen molar-refractivity contribution in [3.05, 3.63) is 58.9 Å². The summed E-state index contributed by atoms with van der Waals surface area (Å²) in [6.07, 6.45) is 0. The van der Waals surface area contributed by atoms with E-state index >= 15 is 0 Å². The summed E-state index contributed by atoms with van der Waals surface area (Å²) in [5.41, 5.74) is 0.873. The zero-order chi connectivity index (χ0) is 21.3. The molecular weight excluding hydrogens is 433 g/mol. The Kier molecular flexibility index (Phi) is 5.31. The third-order valence-electron chi connectivity index (χ3n) is 4.15. The van der Waals surface area contributed by atoms with Gasteiger partial charge in [-0.15, -0.1) is 0 Å². The fourth-order valence-electron chi connectivity index (χ4n) is 2.75. The number of carbonyl (C=O) groups excluding carboxylic acids is 1. The molecule has 1 amide bonds. The fraction of sp³-hybridized carbons (Fsp3) is 0.158. The van der Waals surface area contributed by atoms with Crippen molar-refractivity contribution in [3.63, 3.8) is 0 Å². The molecule has 0 spiro atoms.